The molecule has 0 aliphatic carbocycles. The predicted octanol–water partition coefficient (Wildman–Crippen LogP) is 2.13. The second-order valence-electron chi connectivity index (χ2n) is 5.53. The van der Waals surface area contributed by atoms with Crippen molar-refractivity contribution in [2.24, 2.45) is 5.92 Å². The van der Waals surface area contributed by atoms with Crippen molar-refractivity contribution < 1.29 is 9.90 Å². The van der Waals surface area contributed by atoms with Crippen molar-refractivity contribution in [2.45, 2.75) is 19.4 Å². The Kier molecular flexibility index (Phi) is 4.03. The molecule has 1 N–H and O–H groups in total. The summed E-state index contributed by atoms with van der Waals surface area (Å²) < 4.78 is 0. The number of aliphatic hydroxyl groups excluding tert-OH is 1. The molecule has 1 saturated heterocycles. The zero-order valence-corrected chi connectivity index (χ0v) is 12.7. The van der Waals surface area contributed by atoms with E-state index >= 15 is 0 Å². The molecule has 3 rings (SSSR count). The topological polar surface area (TPSA) is 53.4 Å². The van der Waals surface area contributed by atoms with E-state index in [1.807, 2.05) is 30.5 Å². The number of aromatic nitrogens is 1. The summed E-state index contributed by atoms with van der Waals surface area (Å²) in [7, 11) is 0. The first-order valence-electron chi connectivity index (χ1n) is 7.05. The summed E-state index contributed by atoms with van der Waals surface area (Å²) in [5.74, 6) is 0.135. The highest BCUT2D eigenvalue weighted by Crippen LogP contribution is 2.25. The number of rotatable bonds is 3. The molecule has 0 radical (unpaired) electrons. The molecular formula is C16H18N2O2S. The van der Waals surface area contributed by atoms with Gasteiger partial charge in [-0.3, -0.25) is 9.78 Å². The maximum Gasteiger partial charge on any atom is 0.264 e. The van der Waals surface area contributed by atoms with Crippen LogP contribution in [0.1, 0.15) is 20.8 Å². The number of aryl methyl sites for hydroxylation is 1. The van der Waals surface area contributed by atoms with Crippen LogP contribution < -0.4 is 0 Å². The van der Waals surface area contributed by atoms with Gasteiger partial charge in [-0.05, 0) is 48.1 Å². The summed E-state index contributed by atoms with van der Waals surface area (Å²) >= 11 is 1.47. The molecule has 1 aliphatic heterocycles. The largest absolute Gasteiger partial charge is 0.391 e. The Morgan fingerprint density at radius 2 is 2.14 bits per heavy atom. The van der Waals surface area contributed by atoms with Crippen molar-refractivity contribution in [3.8, 4) is 0 Å². The molecule has 3 heterocycles. The van der Waals surface area contributed by atoms with E-state index in [4.69, 9.17) is 0 Å². The highest BCUT2D eigenvalue weighted by atomic mass is 32.1. The summed E-state index contributed by atoms with van der Waals surface area (Å²) in [5.41, 5.74) is 2.16. The molecule has 0 bridgehead atoms. The van der Waals surface area contributed by atoms with E-state index < -0.39 is 6.10 Å². The number of carbonyl (C=O) groups excluding carboxylic acids is 1. The molecule has 5 heteroatoms. The molecule has 0 spiro atoms. The zero-order valence-electron chi connectivity index (χ0n) is 11.9. The number of carbonyl (C=O) groups is 1. The van der Waals surface area contributed by atoms with E-state index in [2.05, 4.69) is 4.98 Å². The normalized spacial score (nSPS) is 21.7. The molecule has 21 heavy (non-hydrogen) atoms. The van der Waals surface area contributed by atoms with Crippen molar-refractivity contribution in [1.82, 2.24) is 9.88 Å². The van der Waals surface area contributed by atoms with E-state index in [1.165, 1.54) is 11.3 Å². The minimum Gasteiger partial charge on any atom is -0.391 e. The van der Waals surface area contributed by atoms with Gasteiger partial charge in [0.05, 0.1) is 11.0 Å². The lowest BCUT2D eigenvalue weighted by molar-refractivity contribution is 0.0768. The summed E-state index contributed by atoms with van der Waals surface area (Å²) in [5, 5.41) is 12.2. The van der Waals surface area contributed by atoms with Crippen molar-refractivity contribution in [1.29, 1.82) is 0 Å². The quantitative estimate of drug-likeness (QED) is 0.945. The number of thiophene rings is 1. The highest BCUT2D eigenvalue weighted by molar-refractivity contribution is 7.12. The number of amides is 1. The maximum atomic E-state index is 12.5. The fourth-order valence-corrected chi connectivity index (χ4v) is 3.67. The first-order chi connectivity index (χ1) is 10.1. The Morgan fingerprint density at radius 1 is 1.38 bits per heavy atom. The summed E-state index contributed by atoms with van der Waals surface area (Å²) in [6.07, 6.45) is 3.84. The van der Waals surface area contributed by atoms with Gasteiger partial charge in [0.2, 0.25) is 0 Å². The molecule has 110 valence electrons. The van der Waals surface area contributed by atoms with Gasteiger partial charge in [0.1, 0.15) is 0 Å². The summed E-state index contributed by atoms with van der Waals surface area (Å²) in [6.45, 7) is 2.98. The van der Waals surface area contributed by atoms with Crippen LogP contribution in [-0.2, 0) is 6.42 Å². The number of β-amino-alcohol motifs (C(OH)–C–C–N with tert-alkyl or cyclic N) is 1. The lowest BCUT2D eigenvalue weighted by atomic mass is 9.97. The first kappa shape index (κ1) is 14.2. The van der Waals surface area contributed by atoms with Crippen molar-refractivity contribution in [3.05, 3.63) is 52.0 Å². The molecule has 0 saturated carbocycles. The Morgan fingerprint density at radius 3 is 2.81 bits per heavy atom. The molecule has 1 aliphatic rings. The number of aliphatic hydroxyl groups is 1. The van der Waals surface area contributed by atoms with Crippen LogP contribution in [-0.4, -0.2) is 40.1 Å². The van der Waals surface area contributed by atoms with Gasteiger partial charge in [0.15, 0.2) is 0 Å². The van der Waals surface area contributed by atoms with Crippen molar-refractivity contribution in [2.75, 3.05) is 13.1 Å². The Labute approximate surface area is 128 Å². The van der Waals surface area contributed by atoms with Crippen LogP contribution in [0.15, 0.2) is 36.0 Å². The Bertz CT molecular complexity index is 626. The zero-order chi connectivity index (χ0) is 14.8. The van der Waals surface area contributed by atoms with Crippen LogP contribution in [0.2, 0.25) is 0 Å². The maximum absolute atomic E-state index is 12.5. The standard InChI is InChI=1S/C16H18N2O2S/c1-11-4-7-21-15(11)16(20)18-9-13(14(19)10-18)8-12-2-5-17-6-3-12/h2-7,13-14,19H,8-10H2,1H3/t13-,14-/m1/s1. The van der Waals surface area contributed by atoms with Gasteiger partial charge < -0.3 is 10.0 Å². The molecule has 1 fully saturated rings. The van der Waals surface area contributed by atoms with Gasteiger partial charge in [0.25, 0.3) is 5.91 Å². The number of pyridine rings is 1. The minimum atomic E-state index is -0.456. The molecule has 0 unspecified atom stereocenters. The smallest absolute Gasteiger partial charge is 0.264 e. The molecule has 2 aromatic rings. The van der Waals surface area contributed by atoms with Crippen LogP contribution in [0, 0.1) is 12.8 Å². The van der Waals surface area contributed by atoms with Gasteiger partial charge in [0, 0.05) is 31.4 Å². The Balaban J connectivity index is 1.69. The third-order valence-electron chi connectivity index (χ3n) is 4.00. The van der Waals surface area contributed by atoms with E-state index in [-0.39, 0.29) is 11.8 Å². The van der Waals surface area contributed by atoms with Crippen molar-refractivity contribution in [3.63, 3.8) is 0 Å². The van der Waals surface area contributed by atoms with Crippen LogP contribution in [0.4, 0.5) is 0 Å². The fraction of sp³-hybridized carbons (Fsp3) is 0.375. The van der Waals surface area contributed by atoms with E-state index in [1.54, 1.807) is 17.3 Å². The average Bonchev–Trinajstić information content (AvgIpc) is 3.06. The third kappa shape index (κ3) is 2.99. The lowest BCUT2D eigenvalue weighted by Gasteiger charge is -2.15. The Hall–Kier alpha value is -1.72. The molecular weight excluding hydrogens is 284 g/mol. The van der Waals surface area contributed by atoms with Crippen molar-refractivity contribution >= 4 is 17.2 Å². The second kappa shape index (κ2) is 5.95. The van der Waals surface area contributed by atoms with E-state index in [0.717, 1.165) is 22.4 Å². The van der Waals surface area contributed by atoms with Gasteiger partial charge in [-0.2, -0.15) is 0 Å². The van der Waals surface area contributed by atoms with Crippen LogP contribution in [0.3, 0.4) is 0 Å². The van der Waals surface area contributed by atoms with Gasteiger partial charge in [-0.25, -0.2) is 0 Å². The highest BCUT2D eigenvalue weighted by Gasteiger charge is 2.34. The molecule has 4 nitrogen and oxygen atoms in total. The SMILES string of the molecule is Cc1ccsc1C(=O)N1C[C@@H](Cc2ccncc2)[C@H](O)C1. The van der Waals surface area contributed by atoms with Gasteiger partial charge in [-0.1, -0.05) is 0 Å². The van der Waals surface area contributed by atoms with Crippen LogP contribution >= 0.6 is 11.3 Å². The molecule has 2 atom stereocenters. The van der Waals surface area contributed by atoms with E-state index in [0.29, 0.717) is 13.1 Å². The van der Waals surface area contributed by atoms with Crippen LogP contribution in [0.5, 0.6) is 0 Å². The van der Waals surface area contributed by atoms with Crippen LogP contribution in [0.25, 0.3) is 0 Å². The summed E-state index contributed by atoms with van der Waals surface area (Å²) in [4.78, 5) is 19.0. The average molecular weight is 302 g/mol. The molecule has 2 aromatic heterocycles. The van der Waals surface area contributed by atoms with Gasteiger partial charge >= 0.3 is 0 Å². The lowest BCUT2D eigenvalue weighted by Crippen LogP contribution is -2.29. The number of nitrogens with zero attached hydrogens (tertiary/aromatic N) is 2. The van der Waals surface area contributed by atoms with E-state index in [9.17, 15) is 9.90 Å². The summed E-state index contributed by atoms with van der Waals surface area (Å²) in [6, 6.07) is 5.88. The van der Waals surface area contributed by atoms with Gasteiger partial charge in [-0.15, -0.1) is 11.3 Å². The monoisotopic (exact) mass is 302 g/mol. The predicted molar refractivity (Wildman–Crippen MR) is 82.4 cm³/mol. The molecule has 0 aromatic carbocycles. The number of hydrogen-bond acceptors (Lipinski definition) is 4. The number of hydrogen-bond donors (Lipinski definition) is 1. The second-order valence-corrected chi connectivity index (χ2v) is 6.45. The number of likely N-dealkylation sites (tertiary alicyclic amines) is 1. The minimum absolute atomic E-state index is 0.0405. The third-order valence-corrected chi connectivity index (χ3v) is 5.00. The first-order valence-corrected chi connectivity index (χ1v) is 7.93. The fourth-order valence-electron chi connectivity index (χ4n) is 2.78. The molecule has 1 amide bonds.